The van der Waals surface area contributed by atoms with E-state index in [1.54, 1.807) is 16.7 Å². The Labute approximate surface area is 233 Å². The van der Waals surface area contributed by atoms with E-state index < -0.39 is 0 Å². The summed E-state index contributed by atoms with van der Waals surface area (Å²) in [4.78, 5) is 19.6. The average Bonchev–Trinajstić information content (AvgIpc) is 2.96. The van der Waals surface area contributed by atoms with Crippen LogP contribution in [0.25, 0.3) is 10.9 Å². The molecule has 0 aliphatic carbocycles. The van der Waals surface area contributed by atoms with Gasteiger partial charge in [0.25, 0.3) is 5.56 Å². The first-order valence-electron chi connectivity index (χ1n) is 13.7. The van der Waals surface area contributed by atoms with Crippen LogP contribution >= 0.6 is 0 Å². The number of nitrogens with two attached hydrogens (primary N) is 1. The molecule has 8 heteroatoms. The lowest BCUT2D eigenvalue weighted by atomic mass is 9.87. The summed E-state index contributed by atoms with van der Waals surface area (Å²) >= 11 is 0. The third-order valence-electron chi connectivity index (χ3n) is 8.56. The fourth-order valence-electron chi connectivity index (χ4n) is 6.29. The Morgan fingerprint density at radius 1 is 0.900 bits per heavy atom. The third-order valence-corrected chi connectivity index (χ3v) is 8.56. The molecule has 0 unspecified atom stereocenters. The zero-order valence-electron chi connectivity index (χ0n) is 23.1. The molecule has 204 valence electrons. The second kappa shape index (κ2) is 9.91. The maximum absolute atomic E-state index is 14.6. The van der Waals surface area contributed by atoms with Gasteiger partial charge in [0.05, 0.1) is 39.9 Å². The van der Waals surface area contributed by atoms with Gasteiger partial charge in [-0.25, -0.2) is 4.39 Å². The molecule has 0 radical (unpaired) electrons. The van der Waals surface area contributed by atoms with Gasteiger partial charge in [-0.1, -0.05) is 0 Å². The third kappa shape index (κ3) is 4.32. The van der Waals surface area contributed by atoms with E-state index in [0.29, 0.717) is 22.5 Å². The molecule has 2 aliphatic heterocycles. The number of benzene rings is 3. The van der Waals surface area contributed by atoms with Crippen molar-refractivity contribution in [3.63, 3.8) is 0 Å². The molecule has 2 aliphatic rings. The average molecular weight is 537 g/mol. The maximum atomic E-state index is 14.6. The number of pyridine rings is 1. The number of hydrogen-bond acceptors (Lipinski definition) is 6. The van der Waals surface area contributed by atoms with Gasteiger partial charge >= 0.3 is 0 Å². The first kappa shape index (κ1) is 25.8. The summed E-state index contributed by atoms with van der Waals surface area (Å²) in [6.07, 6.45) is 1.74. The summed E-state index contributed by atoms with van der Waals surface area (Å²) in [5, 5.41) is 10.6. The maximum Gasteiger partial charge on any atom is 0.253 e. The molecule has 7 nitrogen and oxygen atoms in total. The molecule has 0 spiro atoms. The zero-order chi connectivity index (χ0) is 28.1. The molecule has 3 heterocycles. The predicted molar refractivity (Wildman–Crippen MR) is 160 cm³/mol. The molecule has 3 aromatic carbocycles. The summed E-state index contributed by atoms with van der Waals surface area (Å²) < 4.78 is 16.4. The molecule has 1 saturated heterocycles. The van der Waals surface area contributed by atoms with Gasteiger partial charge in [-0.3, -0.25) is 4.79 Å². The number of nitrogen functional groups attached to an aromatic ring is 1. The summed E-state index contributed by atoms with van der Waals surface area (Å²) in [6, 6.07) is 19.4. The van der Waals surface area contributed by atoms with Crippen molar-refractivity contribution in [3.8, 4) is 6.07 Å². The highest BCUT2D eigenvalue weighted by atomic mass is 19.1. The van der Waals surface area contributed by atoms with Crippen molar-refractivity contribution in [1.82, 2.24) is 4.57 Å². The topological polar surface area (TPSA) is 81.5 Å². The van der Waals surface area contributed by atoms with E-state index in [0.717, 1.165) is 67.0 Å². The van der Waals surface area contributed by atoms with Crippen LogP contribution in [0.3, 0.4) is 0 Å². The van der Waals surface area contributed by atoms with Crippen molar-refractivity contribution >= 4 is 39.3 Å². The summed E-state index contributed by atoms with van der Waals surface area (Å²) in [5.41, 5.74) is 13.3. The van der Waals surface area contributed by atoms with Gasteiger partial charge in [-0.2, -0.15) is 5.26 Å². The SMILES string of the molecule is Cc1cc2c(N3CCN(C)c4ccc(C#N)cc43)cc(C3CCN(c4ccc(N)cc4F)CC3)cc2n(C)c1=O. The van der Waals surface area contributed by atoms with Crippen molar-refractivity contribution in [2.24, 2.45) is 7.05 Å². The Hall–Kier alpha value is -4.51. The number of piperidine rings is 1. The van der Waals surface area contributed by atoms with Gasteiger partial charge < -0.3 is 25.0 Å². The normalized spacial score (nSPS) is 15.8. The van der Waals surface area contributed by atoms with Crippen LogP contribution in [0.1, 0.15) is 35.4 Å². The highest BCUT2D eigenvalue weighted by molar-refractivity contribution is 5.97. The number of likely N-dealkylation sites (N-methyl/N-ethyl adjacent to an activating group) is 1. The monoisotopic (exact) mass is 536 g/mol. The number of anilines is 5. The smallest absolute Gasteiger partial charge is 0.253 e. The second-order valence-corrected chi connectivity index (χ2v) is 11.0. The number of nitriles is 1. The molecule has 1 fully saturated rings. The fraction of sp³-hybridized carbons (Fsp3) is 0.312. The summed E-state index contributed by atoms with van der Waals surface area (Å²) in [7, 11) is 3.91. The Morgan fingerprint density at radius 3 is 2.38 bits per heavy atom. The van der Waals surface area contributed by atoms with Crippen LogP contribution in [0.4, 0.5) is 32.8 Å². The van der Waals surface area contributed by atoms with Crippen LogP contribution in [0.2, 0.25) is 0 Å². The van der Waals surface area contributed by atoms with Crippen LogP contribution in [0, 0.1) is 24.1 Å². The van der Waals surface area contributed by atoms with E-state index in [1.165, 1.54) is 11.6 Å². The minimum atomic E-state index is -0.290. The van der Waals surface area contributed by atoms with Crippen molar-refractivity contribution in [2.75, 3.05) is 53.7 Å². The fourth-order valence-corrected chi connectivity index (χ4v) is 6.29. The van der Waals surface area contributed by atoms with Crippen molar-refractivity contribution < 1.29 is 4.39 Å². The minimum Gasteiger partial charge on any atom is -0.399 e. The first-order chi connectivity index (χ1) is 19.2. The van der Waals surface area contributed by atoms with Crippen molar-refractivity contribution in [2.45, 2.75) is 25.7 Å². The van der Waals surface area contributed by atoms with Gasteiger partial charge in [-0.15, -0.1) is 0 Å². The second-order valence-electron chi connectivity index (χ2n) is 11.0. The van der Waals surface area contributed by atoms with E-state index in [1.807, 2.05) is 38.2 Å². The largest absolute Gasteiger partial charge is 0.399 e. The van der Waals surface area contributed by atoms with Crippen LogP contribution in [-0.2, 0) is 7.05 Å². The highest BCUT2D eigenvalue weighted by Gasteiger charge is 2.28. The molecule has 4 aromatic rings. The standard InChI is InChI=1S/C32H33FN6O/c1-20-14-25-29(37(3)32(20)40)16-23(22-8-10-38(11-9-22)27-7-5-24(35)18-26(27)33)17-30(25)39-13-12-36(2)28-6-4-21(19-34)15-31(28)39/h4-7,14-18,22H,8-13,35H2,1-3H3. The number of aryl methyl sites for hydroxylation is 2. The zero-order valence-corrected chi connectivity index (χ0v) is 23.1. The van der Waals surface area contributed by atoms with Crippen molar-refractivity contribution in [3.05, 3.63) is 87.5 Å². The van der Waals surface area contributed by atoms with E-state index in [9.17, 15) is 14.4 Å². The van der Waals surface area contributed by atoms with Gasteiger partial charge in [0.2, 0.25) is 0 Å². The van der Waals surface area contributed by atoms with E-state index in [-0.39, 0.29) is 17.3 Å². The lowest BCUT2D eigenvalue weighted by molar-refractivity contribution is 0.498. The first-order valence-corrected chi connectivity index (χ1v) is 13.7. The number of aromatic nitrogens is 1. The Morgan fingerprint density at radius 2 is 1.65 bits per heavy atom. The Kier molecular flexibility index (Phi) is 6.38. The lowest BCUT2D eigenvalue weighted by Crippen LogP contribution is -2.37. The number of halogens is 1. The molecular formula is C32H33FN6O. The van der Waals surface area contributed by atoms with Crippen LogP contribution in [0.15, 0.2) is 59.4 Å². The van der Waals surface area contributed by atoms with Gasteiger partial charge in [0, 0.05) is 56.9 Å². The van der Waals surface area contributed by atoms with Crippen LogP contribution in [0.5, 0.6) is 0 Å². The molecule has 6 rings (SSSR count). The molecule has 40 heavy (non-hydrogen) atoms. The minimum absolute atomic E-state index is 0.00482. The van der Waals surface area contributed by atoms with Gasteiger partial charge in [0.15, 0.2) is 0 Å². The number of nitrogens with zero attached hydrogens (tertiary/aromatic N) is 5. The van der Waals surface area contributed by atoms with Crippen LogP contribution < -0.4 is 26.0 Å². The molecule has 0 saturated carbocycles. The number of hydrogen-bond donors (Lipinski definition) is 1. The lowest BCUT2D eigenvalue weighted by Gasteiger charge is -2.38. The molecule has 0 bridgehead atoms. The molecular weight excluding hydrogens is 503 g/mol. The van der Waals surface area contributed by atoms with Crippen molar-refractivity contribution in [1.29, 1.82) is 5.26 Å². The summed E-state index contributed by atoms with van der Waals surface area (Å²) in [6.45, 7) is 4.91. The Balaban J connectivity index is 1.43. The van der Waals surface area contributed by atoms with Gasteiger partial charge in [0.1, 0.15) is 5.82 Å². The van der Waals surface area contributed by atoms with E-state index in [4.69, 9.17) is 5.73 Å². The summed E-state index contributed by atoms with van der Waals surface area (Å²) in [5.74, 6) is -0.0210. The number of fused-ring (bicyclic) bond motifs is 2. The highest BCUT2D eigenvalue weighted by Crippen LogP contribution is 2.43. The van der Waals surface area contributed by atoms with Gasteiger partial charge in [-0.05, 0) is 85.8 Å². The molecule has 0 amide bonds. The Bertz CT molecular complexity index is 1730. The quantitative estimate of drug-likeness (QED) is 0.353. The van der Waals surface area contributed by atoms with Crippen LogP contribution in [-0.4, -0.2) is 37.8 Å². The van der Waals surface area contributed by atoms with E-state index in [2.05, 4.69) is 39.9 Å². The predicted octanol–water partition coefficient (Wildman–Crippen LogP) is 5.41. The molecule has 2 N–H and O–H groups in total. The molecule has 1 aromatic heterocycles. The van der Waals surface area contributed by atoms with E-state index >= 15 is 0 Å². The molecule has 0 atom stereocenters. The number of rotatable bonds is 3.